The van der Waals surface area contributed by atoms with Gasteiger partial charge in [0.05, 0.1) is 12.7 Å². The third kappa shape index (κ3) is 2.90. The van der Waals surface area contributed by atoms with Crippen molar-refractivity contribution < 1.29 is 9.53 Å². The molecule has 4 heteroatoms. The van der Waals surface area contributed by atoms with Crippen LogP contribution < -0.4 is 5.32 Å². The summed E-state index contributed by atoms with van der Waals surface area (Å²) in [5.74, 6) is 0.635. The Hall–Kier alpha value is -1.39. The van der Waals surface area contributed by atoms with E-state index >= 15 is 0 Å². The molecule has 0 bridgehead atoms. The maximum atomic E-state index is 12.9. The normalized spacial score (nSPS) is 32.2. The quantitative estimate of drug-likeness (QED) is 0.909. The topological polar surface area (TPSA) is 41.6 Å². The van der Waals surface area contributed by atoms with Crippen molar-refractivity contribution in [2.45, 2.75) is 51.3 Å². The fourth-order valence-electron chi connectivity index (χ4n) is 3.80. The summed E-state index contributed by atoms with van der Waals surface area (Å²) in [6, 6.07) is 8.61. The van der Waals surface area contributed by atoms with Crippen LogP contribution in [0.5, 0.6) is 0 Å². The highest BCUT2D eigenvalue weighted by Gasteiger charge is 2.39. The van der Waals surface area contributed by atoms with Crippen molar-refractivity contribution >= 4 is 5.91 Å². The largest absolute Gasteiger partial charge is 0.375 e. The number of ether oxygens (including phenoxy) is 1. The summed E-state index contributed by atoms with van der Waals surface area (Å²) in [5.41, 5.74) is 2.70. The van der Waals surface area contributed by atoms with Crippen LogP contribution >= 0.6 is 0 Å². The van der Waals surface area contributed by atoms with Gasteiger partial charge in [0.15, 0.2) is 0 Å². The van der Waals surface area contributed by atoms with Crippen molar-refractivity contribution in [1.29, 1.82) is 0 Å². The Balaban J connectivity index is 1.73. The van der Waals surface area contributed by atoms with Gasteiger partial charge in [-0.1, -0.05) is 24.3 Å². The molecule has 4 nitrogen and oxygen atoms in total. The summed E-state index contributed by atoms with van der Waals surface area (Å²) in [6.07, 6.45) is 0.990. The Morgan fingerprint density at radius 3 is 2.82 bits per heavy atom. The third-order valence-corrected chi connectivity index (χ3v) is 5.07. The highest BCUT2D eigenvalue weighted by molar-refractivity contribution is 5.83. The summed E-state index contributed by atoms with van der Waals surface area (Å²) in [7, 11) is 0. The number of rotatable bonds is 2. The van der Waals surface area contributed by atoms with Gasteiger partial charge in [-0.25, -0.2) is 0 Å². The predicted octanol–water partition coefficient (Wildman–Crippen LogP) is 2.08. The van der Waals surface area contributed by atoms with Gasteiger partial charge >= 0.3 is 0 Å². The van der Waals surface area contributed by atoms with E-state index in [2.05, 4.69) is 43.4 Å². The Labute approximate surface area is 132 Å². The van der Waals surface area contributed by atoms with Crippen LogP contribution in [0.15, 0.2) is 24.3 Å². The minimum atomic E-state index is -0.202. The molecule has 1 aromatic rings. The molecule has 2 aliphatic heterocycles. The fourth-order valence-corrected chi connectivity index (χ4v) is 3.80. The number of amides is 1. The van der Waals surface area contributed by atoms with Gasteiger partial charge in [-0.15, -0.1) is 0 Å². The average molecular weight is 302 g/mol. The van der Waals surface area contributed by atoms with Gasteiger partial charge in [0.1, 0.15) is 6.04 Å². The van der Waals surface area contributed by atoms with Crippen LogP contribution in [0, 0.1) is 6.92 Å². The molecular weight excluding hydrogens is 276 g/mol. The molecule has 2 saturated heterocycles. The Morgan fingerprint density at radius 2 is 2.09 bits per heavy atom. The summed E-state index contributed by atoms with van der Waals surface area (Å²) >= 11 is 0. The maximum Gasteiger partial charge on any atom is 0.242 e. The lowest BCUT2D eigenvalue weighted by molar-refractivity contribution is -0.140. The van der Waals surface area contributed by atoms with Crippen molar-refractivity contribution in [3.8, 4) is 0 Å². The van der Waals surface area contributed by atoms with E-state index in [1.54, 1.807) is 0 Å². The summed E-state index contributed by atoms with van der Waals surface area (Å²) in [4.78, 5) is 14.9. The van der Waals surface area contributed by atoms with Crippen molar-refractivity contribution in [2.75, 3.05) is 19.7 Å². The first-order valence-corrected chi connectivity index (χ1v) is 8.29. The van der Waals surface area contributed by atoms with Crippen LogP contribution in [0.2, 0.25) is 0 Å². The van der Waals surface area contributed by atoms with E-state index in [0.29, 0.717) is 12.5 Å². The smallest absolute Gasteiger partial charge is 0.242 e. The lowest BCUT2D eigenvalue weighted by Gasteiger charge is -2.34. The molecule has 2 unspecified atom stereocenters. The number of nitrogens with zero attached hydrogens (tertiary/aromatic N) is 1. The summed E-state index contributed by atoms with van der Waals surface area (Å²) in [5, 5.41) is 3.32. The van der Waals surface area contributed by atoms with Crippen LogP contribution in [0.1, 0.15) is 37.3 Å². The van der Waals surface area contributed by atoms with Gasteiger partial charge in [-0.05, 0) is 38.3 Å². The molecule has 0 saturated carbocycles. The molecule has 1 aromatic carbocycles. The molecule has 2 heterocycles. The van der Waals surface area contributed by atoms with Gasteiger partial charge in [0.2, 0.25) is 5.91 Å². The molecular formula is C18H26N2O2. The Bertz CT molecular complexity index is 546. The first-order valence-electron chi connectivity index (χ1n) is 8.29. The molecule has 0 aromatic heterocycles. The maximum absolute atomic E-state index is 12.9. The van der Waals surface area contributed by atoms with Crippen LogP contribution in [0.4, 0.5) is 0 Å². The van der Waals surface area contributed by atoms with Crippen molar-refractivity contribution in [1.82, 2.24) is 10.2 Å². The molecule has 22 heavy (non-hydrogen) atoms. The molecule has 1 N–H and O–H groups in total. The number of benzene rings is 1. The van der Waals surface area contributed by atoms with Crippen molar-refractivity contribution in [3.63, 3.8) is 0 Å². The number of carbonyl (C=O) groups is 1. The van der Waals surface area contributed by atoms with Gasteiger partial charge in [-0.3, -0.25) is 4.79 Å². The lowest BCUT2D eigenvalue weighted by atomic mass is 9.93. The molecule has 2 aliphatic rings. The number of hydrogen-bond acceptors (Lipinski definition) is 3. The SMILES string of the molecule is Cc1ccccc1C1CC(C)N(C(=O)[C@H]2NCCO[C@@H]2C)C1. The molecule has 3 rings (SSSR count). The first-order chi connectivity index (χ1) is 10.6. The minimum Gasteiger partial charge on any atom is -0.375 e. The lowest BCUT2D eigenvalue weighted by Crippen LogP contribution is -2.57. The number of aryl methyl sites for hydroxylation is 1. The third-order valence-electron chi connectivity index (χ3n) is 5.07. The van der Waals surface area contributed by atoms with Crippen LogP contribution in [0.25, 0.3) is 0 Å². The number of nitrogens with one attached hydrogen (secondary N) is 1. The zero-order chi connectivity index (χ0) is 15.7. The van der Waals surface area contributed by atoms with E-state index in [1.165, 1.54) is 11.1 Å². The highest BCUT2D eigenvalue weighted by atomic mass is 16.5. The van der Waals surface area contributed by atoms with Crippen LogP contribution in [-0.4, -0.2) is 48.7 Å². The monoisotopic (exact) mass is 302 g/mol. The Kier molecular flexibility index (Phi) is 4.50. The zero-order valence-corrected chi connectivity index (χ0v) is 13.7. The second kappa shape index (κ2) is 6.39. The second-order valence-corrected chi connectivity index (χ2v) is 6.64. The van der Waals surface area contributed by atoms with Crippen molar-refractivity contribution in [3.05, 3.63) is 35.4 Å². The Morgan fingerprint density at radius 1 is 1.32 bits per heavy atom. The fraction of sp³-hybridized carbons (Fsp3) is 0.611. The molecule has 4 atom stereocenters. The van der Waals surface area contributed by atoms with Crippen molar-refractivity contribution in [2.24, 2.45) is 0 Å². The standard InChI is InChI=1S/C18H26N2O2/c1-12-6-4-5-7-16(12)15-10-13(2)20(11-15)18(21)17-14(3)22-9-8-19-17/h4-7,13-15,17,19H,8-11H2,1-3H3/t13?,14-,15?,17+/m1/s1. The zero-order valence-electron chi connectivity index (χ0n) is 13.7. The summed E-state index contributed by atoms with van der Waals surface area (Å²) < 4.78 is 5.63. The van der Waals surface area contributed by atoms with E-state index in [4.69, 9.17) is 4.74 Å². The molecule has 0 aliphatic carbocycles. The molecule has 2 fully saturated rings. The highest BCUT2D eigenvalue weighted by Crippen LogP contribution is 2.33. The van der Waals surface area contributed by atoms with Gasteiger partial charge < -0.3 is 15.0 Å². The van der Waals surface area contributed by atoms with E-state index in [9.17, 15) is 4.79 Å². The van der Waals surface area contributed by atoms with E-state index in [0.717, 1.165) is 19.5 Å². The van der Waals surface area contributed by atoms with Crippen LogP contribution in [-0.2, 0) is 9.53 Å². The van der Waals surface area contributed by atoms with Gasteiger partial charge in [0, 0.05) is 25.0 Å². The van der Waals surface area contributed by atoms with Crippen LogP contribution in [0.3, 0.4) is 0 Å². The van der Waals surface area contributed by atoms with E-state index in [1.807, 2.05) is 11.8 Å². The number of carbonyl (C=O) groups excluding carboxylic acids is 1. The molecule has 120 valence electrons. The molecule has 1 amide bonds. The second-order valence-electron chi connectivity index (χ2n) is 6.64. The number of likely N-dealkylation sites (tertiary alicyclic amines) is 1. The van der Waals surface area contributed by atoms with Gasteiger partial charge in [0.25, 0.3) is 0 Å². The minimum absolute atomic E-state index is 0.0500. The van der Waals surface area contributed by atoms with Gasteiger partial charge in [-0.2, -0.15) is 0 Å². The van der Waals surface area contributed by atoms with E-state index in [-0.39, 0.29) is 24.1 Å². The molecule has 0 radical (unpaired) electrons. The number of morpholine rings is 1. The van der Waals surface area contributed by atoms with E-state index < -0.39 is 0 Å². The first kappa shape index (κ1) is 15.5. The number of hydrogen-bond donors (Lipinski definition) is 1. The average Bonchev–Trinajstić information content (AvgIpc) is 2.89. The predicted molar refractivity (Wildman–Crippen MR) is 86.9 cm³/mol. The molecule has 0 spiro atoms. The summed E-state index contributed by atoms with van der Waals surface area (Å²) in [6.45, 7) is 8.55.